The third-order valence-electron chi connectivity index (χ3n) is 3.33. The Hall–Kier alpha value is -0.890. The Balaban J connectivity index is 2.35. The molecule has 1 saturated carbocycles. The van der Waals surface area contributed by atoms with Gasteiger partial charge in [-0.15, -0.1) is 0 Å². The van der Waals surface area contributed by atoms with Gasteiger partial charge in [0.05, 0.1) is 0 Å². The molecule has 0 bridgehead atoms. The molecule has 1 aliphatic rings. The highest BCUT2D eigenvalue weighted by atomic mass is 19.1. The first-order valence-electron chi connectivity index (χ1n) is 5.47. The largest absolute Gasteiger partial charge is 0.310 e. The summed E-state index contributed by atoms with van der Waals surface area (Å²) in [6, 6.07) is 7.88. The van der Waals surface area contributed by atoms with Gasteiger partial charge in [-0.05, 0) is 44.9 Å². The number of nitrogens with one attached hydrogen (secondary N) is 1. The summed E-state index contributed by atoms with van der Waals surface area (Å²) >= 11 is 0. The first kappa shape index (κ1) is 10.6. The number of rotatable bonds is 3. The molecular formula is C13H18FN. The van der Waals surface area contributed by atoms with Crippen molar-refractivity contribution in [1.82, 2.24) is 5.32 Å². The summed E-state index contributed by atoms with van der Waals surface area (Å²) in [6.45, 7) is 3.20. The van der Waals surface area contributed by atoms with Gasteiger partial charge in [-0.1, -0.05) is 24.3 Å². The van der Waals surface area contributed by atoms with E-state index < -0.39 is 5.67 Å². The van der Waals surface area contributed by atoms with E-state index in [1.165, 1.54) is 5.56 Å². The quantitative estimate of drug-likeness (QED) is 0.803. The van der Waals surface area contributed by atoms with Crippen LogP contribution in [-0.4, -0.2) is 7.05 Å². The van der Waals surface area contributed by atoms with Crippen molar-refractivity contribution < 1.29 is 4.39 Å². The molecule has 0 spiro atoms. The number of halogens is 1. The second-order valence-corrected chi connectivity index (χ2v) is 4.89. The zero-order valence-corrected chi connectivity index (χ0v) is 9.60. The van der Waals surface area contributed by atoms with Crippen LogP contribution in [0.1, 0.15) is 37.8 Å². The smallest absolute Gasteiger partial charge is 0.130 e. The summed E-state index contributed by atoms with van der Waals surface area (Å²) in [5, 5.41) is 3.32. The van der Waals surface area contributed by atoms with Crippen LogP contribution in [0, 0.1) is 0 Å². The SMILES string of the molecule is CNC1(c2cccc(C(C)(C)F)c2)CC1. The minimum Gasteiger partial charge on any atom is -0.310 e. The molecule has 1 nitrogen and oxygen atoms in total. The van der Waals surface area contributed by atoms with Gasteiger partial charge in [-0.25, -0.2) is 4.39 Å². The van der Waals surface area contributed by atoms with Crippen LogP contribution in [0.5, 0.6) is 0 Å². The molecule has 15 heavy (non-hydrogen) atoms. The lowest BCUT2D eigenvalue weighted by molar-refractivity contribution is 0.221. The molecule has 0 aromatic heterocycles. The molecule has 1 aromatic rings. The third-order valence-corrected chi connectivity index (χ3v) is 3.33. The molecule has 0 atom stereocenters. The Morgan fingerprint density at radius 1 is 1.33 bits per heavy atom. The van der Waals surface area contributed by atoms with Crippen molar-refractivity contribution in [3.8, 4) is 0 Å². The molecule has 2 heteroatoms. The monoisotopic (exact) mass is 207 g/mol. The van der Waals surface area contributed by atoms with Crippen LogP contribution < -0.4 is 5.32 Å². The maximum absolute atomic E-state index is 13.8. The van der Waals surface area contributed by atoms with E-state index in [-0.39, 0.29) is 5.54 Å². The molecule has 0 heterocycles. The van der Waals surface area contributed by atoms with Gasteiger partial charge >= 0.3 is 0 Å². The minimum atomic E-state index is -1.25. The molecule has 0 aliphatic heterocycles. The number of benzene rings is 1. The summed E-state index contributed by atoms with van der Waals surface area (Å²) < 4.78 is 13.8. The molecule has 1 aromatic carbocycles. The van der Waals surface area contributed by atoms with E-state index in [2.05, 4.69) is 11.4 Å². The van der Waals surface area contributed by atoms with Crippen LogP contribution in [0.2, 0.25) is 0 Å². The number of hydrogen-bond acceptors (Lipinski definition) is 1. The molecule has 82 valence electrons. The van der Waals surface area contributed by atoms with Gasteiger partial charge in [-0.3, -0.25) is 0 Å². The average Bonchev–Trinajstić information content (AvgIpc) is 2.97. The van der Waals surface area contributed by atoms with E-state index in [9.17, 15) is 4.39 Å². The summed E-state index contributed by atoms with van der Waals surface area (Å²) in [5.74, 6) is 0. The predicted octanol–water partition coefficient (Wildman–Crippen LogP) is 3.10. The van der Waals surface area contributed by atoms with Crippen molar-refractivity contribution in [3.63, 3.8) is 0 Å². The summed E-state index contributed by atoms with van der Waals surface area (Å²) in [5.41, 5.74) is 0.857. The topological polar surface area (TPSA) is 12.0 Å². The maximum Gasteiger partial charge on any atom is 0.130 e. The van der Waals surface area contributed by atoms with Crippen LogP contribution in [0.4, 0.5) is 4.39 Å². The highest BCUT2D eigenvalue weighted by Crippen LogP contribution is 2.45. The van der Waals surface area contributed by atoms with Crippen molar-refractivity contribution in [2.75, 3.05) is 7.05 Å². The zero-order valence-electron chi connectivity index (χ0n) is 9.60. The molecule has 1 N–H and O–H groups in total. The summed E-state index contributed by atoms with van der Waals surface area (Å²) in [7, 11) is 1.97. The summed E-state index contributed by atoms with van der Waals surface area (Å²) in [4.78, 5) is 0. The molecular weight excluding hydrogens is 189 g/mol. The van der Waals surface area contributed by atoms with Gasteiger partial charge in [0, 0.05) is 5.54 Å². The van der Waals surface area contributed by atoms with Crippen molar-refractivity contribution in [2.45, 2.75) is 37.9 Å². The van der Waals surface area contributed by atoms with E-state index in [0.717, 1.165) is 18.4 Å². The highest BCUT2D eigenvalue weighted by molar-refractivity contribution is 5.35. The first-order chi connectivity index (χ1) is 6.98. The van der Waals surface area contributed by atoms with Crippen molar-refractivity contribution >= 4 is 0 Å². The second kappa shape index (κ2) is 3.31. The zero-order chi connectivity index (χ0) is 11.1. The van der Waals surface area contributed by atoms with E-state index >= 15 is 0 Å². The van der Waals surface area contributed by atoms with Gasteiger partial charge in [0.15, 0.2) is 0 Å². The minimum absolute atomic E-state index is 0.126. The highest BCUT2D eigenvalue weighted by Gasteiger charge is 2.42. The van der Waals surface area contributed by atoms with Crippen LogP contribution in [0.25, 0.3) is 0 Å². The van der Waals surface area contributed by atoms with Gasteiger partial charge in [0.25, 0.3) is 0 Å². The van der Waals surface area contributed by atoms with E-state index in [0.29, 0.717) is 0 Å². The normalized spacial score (nSPS) is 18.9. The molecule has 2 rings (SSSR count). The third kappa shape index (κ3) is 1.91. The Bertz CT molecular complexity index is 361. The predicted molar refractivity (Wildman–Crippen MR) is 60.5 cm³/mol. The van der Waals surface area contributed by atoms with E-state index in [1.807, 2.05) is 25.2 Å². The number of alkyl halides is 1. The van der Waals surface area contributed by atoms with Gasteiger partial charge in [0.1, 0.15) is 5.67 Å². The van der Waals surface area contributed by atoms with Gasteiger partial charge in [0.2, 0.25) is 0 Å². The molecule has 0 saturated heterocycles. The van der Waals surface area contributed by atoms with Gasteiger partial charge in [-0.2, -0.15) is 0 Å². The second-order valence-electron chi connectivity index (χ2n) is 4.89. The van der Waals surface area contributed by atoms with Crippen LogP contribution in [0.15, 0.2) is 24.3 Å². The number of hydrogen-bond donors (Lipinski definition) is 1. The lowest BCUT2D eigenvalue weighted by atomic mass is 9.95. The van der Waals surface area contributed by atoms with Crippen molar-refractivity contribution in [3.05, 3.63) is 35.4 Å². The fraction of sp³-hybridized carbons (Fsp3) is 0.538. The van der Waals surface area contributed by atoms with Crippen LogP contribution in [-0.2, 0) is 11.2 Å². The molecule has 0 unspecified atom stereocenters. The molecule has 1 aliphatic carbocycles. The fourth-order valence-corrected chi connectivity index (χ4v) is 1.99. The lowest BCUT2D eigenvalue weighted by Crippen LogP contribution is -2.25. The van der Waals surface area contributed by atoms with E-state index in [4.69, 9.17) is 0 Å². The average molecular weight is 207 g/mol. The van der Waals surface area contributed by atoms with Crippen LogP contribution >= 0.6 is 0 Å². The molecule has 0 amide bonds. The lowest BCUT2D eigenvalue weighted by Gasteiger charge is -2.19. The Labute approximate surface area is 90.7 Å². The first-order valence-corrected chi connectivity index (χ1v) is 5.47. The fourth-order valence-electron chi connectivity index (χ4n) is 1.99. The Morgan fingerprint density at radius 2 is 2.00 bits per heavy atom. The molecule has 0 radical (unpaired) electrons. The Morgan fingerprint density at radius 3 is 2.47 bits per heavy atom. The van der Waals surface area contributed by atoms with E-state index in [1.54, 1.807) is 13.8 Å². The van der Waals surface area contributed by atoms with Crippen molar-refractivity contribution in [2.24, 2.45) is 0 Å². The van der Waals surface area contributed by atoms with Crippen molar-refractivity contribution in [1.29, 1.82) is 0 Å². The maximum atomic E-state index is 13.8. The standard InChI is InChI=1S/C13H18FN/c1-12(2,14)10-5-4-6-11(9-10)13(15-3)7-8-13/h4-6,9,15H,7-8H2,1-3H3. The van der Waals surface area contributed by atoms with Gasteiger partial charge < -0.3 is 5.32 Å². The summed E-state index contributed by atoms with van der Waals surface area (Å²) in [6.07, 6.45) is 2.30. The molecule has 1 fully saturated rings. The Kier molecular flexibility index (Phi) is 2.34. The van der Waals surface area contributed by atoms with Crippen LogP contribution in [0.3, 0.4) is 0 Å².